The van der Waals surface area contributed by atoms with Gasteiger partial charge in [0.05, 0.1) is 14.7 Å². The van der Waals surface area contributed by atoms with E-state index in [1.165, 1.54) is 36.4 Å². The Morgan fingerprint density at radius 2 is 1.16 bits per heavy atom. The lowest BCUT2D eigenvalue weighted by Crippen LogP contribution is -2.28. The summed E-state index contributed by atoms with van der Waals surface area (Å²) in [5, 5.41) is 1.85. The molecule has 0 aliphatic rings. The van der Waals surface area contributed by atoms with Crippen LogP contribution >= 0.6 is 21.2 Å². The highest BCUT2D eigenvalue weighted by Gasteiger charge is 2.32. The summed E-state index contributed by atoms with van der Waals surface area (Å²) in [5.41, 5.74) is 0. The van der Waals surface area contributed by atoms with Gasteiger partial charge in [0.25, 0.3) is 0 Å². The van der Waals surface area contributed by atoms with Crippen molar-refractivity contribution in [3.05, 3.63) is 77.7 Å². The van der Waals surface area contributed by atoms with Gasteiger partial charge >= 0.3 is 5.03 Å². The minimum atomic E-state index is -3.53. The first-order valence-electron chi connectivity index (χ1n) is 7.16. The molecular weight excluding hydrogens is 364 g/mol. The summed E-state index contributed by atoms with van der Waals surface area (Å²) in [6.07, 6.45) is 0. The van der Waals surface area contributed by atoms with Crippen molar-refractivity contribution in [1.29, 1.82) is 0 Å². The molecule has 3 rings (SSSR count). The van der Waals surface area contributed by atoms with Crippen molar-refractivity contribution >= 4 is 21.2 Å². The molecule has 0 radical (unpaired) electrons. The van der Waals surface area contributed by atoms with Crippen LogP contribution in [0.1, 0.15) is 0 Å². The number of H-pyrrole nitrogens is 1. The molecule has 0 saturated carbocycles. The van der Waals surface area contributed by atoms with Gasteiger partial charge in [-0.3, -0.25) is 18.2 Å². The summed E-state index contributed by atoms with van der Waals surface area (Å²) in [6, 6.07) is 18.5. The molecule has 0 aliphatic heterocycles. The minimum Gasteiger partial charge on any atom is -0.289 e. The first-order valence-corrected chi connectivity index (χ1v) is 10.3. The number of aromatic nitrogens is 2. The first-order chi connectivity index (χ1) is 11.8. The number of nitrogens with one attached hydrogen (secondary N) is 1. The summed E-state index contributed by atoms with van der Waals surface area (Å²) >= 11 is 0. The molecule has 7 nitrogen and oxygen atoms in total. The lowest BCUT2D eigenvalue weighted by molar-refractivity contribution is -0.610. The second-order valence-electron chi connectivity index (χ2n) is 5.17. The van der Waals surface area contributed by atoms with Crippen molar-refractivity contribution < 1.29 is 22.8 Å². The second kappa shape index (κ2) is 6.64. The van der Waals surface area contributed by atoms with Gasteiger partial charge in [-0.2, -0.15) is 0 Å². The third kappa shape index (κ3) is 3.33. The Morgan fingerprint density at radius 3 is 1.64 bits per heavy atom. The SMILES string of the molecule is O=[n+]1[nH]c(S(O)(O)c2ccccc2)ccc1S(O)(O)c1ccccc1. The largest absolute Gasteiger partial charge is 0.384 e. The summed E-state index contributed by atoms with van der Waals surface area (Å²) in [5.74, 6) is 0. The number of aromatic amines is 1. The van der Waals surface area contributed by atoms with Gasteiger partial charge in [-0.25, -0.2) is 0 Å². The van der Waals surface area contributed by atoms with E-state index < -0.39 is 21.2 Å². The zero-order chi connectivity index (χ0) is 18.1. The Kier molecular flexibility index (Phi) is 4.69. The average molecular weight is 381 g/mol. The van der Waals surface area contributed by atoms with Crippen LogP contribution in [0.3, 0.4) is 0 Å². The van der Waals surface area contributed by atoms with E-state index in [9.17, 15) is 23.1 Å². The monoisotopic (exact) mass is 381 g/mol. The van der Waals surface area contributed by atoms with Crippen LogP contribution in [-0.4, -0.2) is 23.3 Å². The van der Waals surface area contributed by atoms with E-state index >= 15 is 0 Å². The van der Waals surface area contributed by atoms with Gasteiger partial charge in [0.15, 0.2) is 9.57 Å². The molecule has 9 heteroatoms. The summed E-state index contributed by atoms with van der Waals surface area (Å²) in [7, 11) is -6.95. The van der Waals surface area contributed by atoms with Crippen LogP contribution in [0, 0.1) is 4.91 Å². The number of benzene rings is 2. The number of hydrogen-bond acceptors (Lipinski definition) is 5. The molecule has 0 spiro atoms. The Hall–Kier alpha value is -2.14. The van der Waals surface area contributed by atoms with E-state index in [-0.39, 0.29) is 24.4 Å². The van der Waals surface area contributed by atoms with Crippen LogP contribution in [0.25, 0.3) is 0 Å². The van der Waals surface area contributed by atoms with E-state index in [4.69, 9.17) is 0 Å². The third-order valence-corrected chi connectivity index (χ3v) is 7.12. The van der Waals surface area contributed by atoms with Gasteiger partial charge in [0.1, 0.15) is 0 Å². The topological polar surface area (TPSA) is 120 Å². The summed E-state index contributed by atoms with van der Waals surface area (Å²) in [4.78, 5) is 12.7. The summed E-state index contributed by atoms with van der Waals surface area (Å²) < 4.78 is 41.9. The fourth-order valence-electron chi connectivity index (χ4n) is 2.24. The highest BCUT2D eigenvalue weighted by Crippen LogP contribution is 2.56. The van der Waals surface area contributed by atoms with Crippen LogP contribution in [-0.2, 0) is 0 Å². The third-order valence-electron chi connectivity index (χ3n) is 3.53. The predicted molar refractivity (Wildman–Crippen MR) is 95.8 cm³/mol. The molecule has 132 valence electrons. The van der Waals surface area contributed by atoms with Crippen molar-refractivity contribution in [2.24, 2.45) is 0 Å². The van der Waals surface area contributed by atoms with Gasteiger partial charge < -0.3 is 0 Å². The Bertz CT molecular complexity index is 930. The van der Waals surface area contributed by atoms with Crippen molar-refractivity contribution in [3.8, 4) is 0 Å². The molecule has 1 aromatic heterocycles. The Morgan fingerprint density at radius 1 is 0.680 bits per heavy atom. The van der Waals surface area contributed by atoms with Gasteiger partial charge in [-0.15, -0.1) is 10.6 Å². The van der Waals surface area contributed by atoms with Gasteiger partial charge in [-0.05, 0) is 30.3 Å². The van der Waals surface area contributed by atoms with E-state index in [2.05, 4.69) is 5.10 Å². The first kappa shape index (κ1) is 17.7. The van der Waals surface area contributed by atoms with Crippen molar-refractivity contribution in [3.63, 3.8) is 0 Å². The van der Waals surface area contributed by atoms with Crippen LogP contribution in [0.15, 0.2) is 92.6 Å². The normalized spacial score (nSPS) is 13.4. The van der Waals surface area contributed by atoms with Gasteiger partial charge in [0, 0.05) is 6.07 Å². The highest BCUT2D eigenvalue weighted by molar-refractivity contribution is 8.24. The second-order valence-corrected chi connectivity index (χ2v) is 9.16. The molecule has 3 aromatic rings. The van der Waals surface area contributed by atoms with E-state index in [1.807, 2.05) is 0 Å². The molecule has 2 aromatic carbocycles. The zero-order valence-corrected chi connectivity index (χ0v) is 14.5. The number of hydrogen-bond donors (Lipinski definition) is 5. The van der Waals surface area contributed by atoms with Crippen molar-refractivity contribution in [2.45, 2.75) is 19.8 Å². The maximum absolute atomic E-state index is 12.3. The van der Waals surface area contributed by atoms with E-state index in [0.717, 1.165) is 0 Å². The lowest BCUT2D eigenvalue weighted by atomic mass is 10.4. The molecular formula is C16H17N2O5S2+. The predicted octanol–water partition coefficient (Wildman–Crippen LogP) is 4.27. The molecule has 25 heavy (non-hydrogen) atoms. The van der Waals surface area contributed by atoms with Crippen LogP contribution < -0.4 is 4.54 Å². The molecule has 5 N–H and O–H groups in total. The minimum absolute atomic E-state index is 0.124. The molecule has 0 unspecified atom stereocenters. The number of rotatable bonds is 4. The average Bonchev–Trinajstić information content (AvgIpc) is 2.63. The van der Waals surface area contributed by atoms with Gasteiger partial charge in [-0.1, -0.05) is 52.1 Å². The number of nitrogens with zero attached hydrogens (tertiary/aromatic N) is 1. The zero-order valence-electron chi connectivity index (χ0n) is 12.9. The summed E-state index contributed by atoms with van der Waals surface area (Å²) in [6.45, 7) is 0. The molecule has 1 heterocycles. The van der Waals surface area contributed by atoms with Crippen LogP contribution in [0.4, 0.5) is 0 Å². The fourth-order valence-corrected chi connectivity index (χ4v) is 4.82. The standard InChI is InChI=1S/C16H16N2O5S2/c19-18-16(25(22,23)14-9-5-2-6-10-14)12-11-15(17-18)24(20,21)13-7-3-1-4-8-13/h1-12H,(H4-,17,19,20,21,22,23)/p+1. The molecule has 0 fully saturated rings. The van der Waals surface area contributed by atoms with Crippen molar-refractivity contribution in [2.75, 3.05) is 0 Å². The maximum Gasteiger partial charge on any atom is 0.384 e. The molecule has 0 saturated heterocycles. The quantitative estimate of drug-likeness (QED) is 0.432. The van der Waals surface area contributed by atoms with E-state index in [0.29, 0.717) is 0 Å². The molecule has 0 amide bonds. The lowest BCUT2D eigenvalue weighted by Gasteiger charge is -2.31. The van der Waals surface area contributed by atoms with Crippen LogP contribution in [0.5, 0.6) is 0 Å². The molecule has 0 atom stereocenters. The van der Waals surface area contributed by atoms with E-state index in [1.54, 1.807) is 36.4 Å². The molecule has 0 bridgehead atoms. The van der Waals surface area contributed by atoms with Gasteiger partial charge in [0.2, 0.25) is 0 Å². The smallest absolute Gasteiger partial charge is 0.289 e. The fraction of sp³-hybridized carbons (Fsp3) is 0. The highest BCUT2D eigenvalue weighted by atomic mass is 32.3. The Labute approximate surface area is 146 Å². The maximum atomic E-state index is 12.3. The molecule has 0 aliphatic carbocycles. The van der Waals surface area contributed by atoms with Crippen molar-refractivity contribution in [1.82, 2.24) is 5.10 Å². The van der Waals surface area contributed by atoms with Crippen LogP contribution in [0.2, 0.25) is 0 Å². The Balaban J connectivity index is 2.04.